The smallest absolute Gasteiger partial charge is 0.251 e. The molecule has 4 rings (SSSR count). The van der Waals surface area contributed by atoms with Gasteiger partial charge >= 0.3 is 0 Å². The van der Waals surface area contributed by atoms with Gasteiger partial charge in [-0.3, -0.25) is 9.78 Å². The van der Waals surface area contributed by atoms with Gasteiger partial charge in [-0.2, -0.15) is 15.0 Å². The van der Waals surface area contributed by atoms with Crippen molar-refractivity contribution in [1.82, 2.24) is 25.3 Å². The molecule has 0 fully saturated rings. The summed E-state index contributed by atoms with van der Waals surface area (Å²) in [6.45, 7) is 4.22. The third-order valence-electron chi connectivity index (χ3n) is 6.08. The summed E-state index contributed by atoms with van der Waals surface area (Å²) in [6, 6.07) is 17.2. The van der Waals surface area contributed by atoms with E-state index < -0.39 is 0 Å². The van der Waals surface area contributed by atoms with Crippen molar-refractivity contribution in [2.75, 3.05) is 48.9 Å². The van der Waals surface area contributed by atoms with Crippen LogP contribution in [0.15, 0.2) is 73.1 Å². The minimum Gasteiger partial charge on any atom is -0.508 e. The average molecular weight is 601 g/mol. The van der Waals surface area contributed by atoms with E-state index in [9.17, 15) is 14.7 Å². The second kappa shape index (κ2) is 17.1. The van der Waals surface area contributed by atoms with Crippen LogP contribution in [0.1, 0.15) is 35.7 Å². The number of pyridine rings is 1. The monoisotopic (exact) mass is 600 g/mol. The average Bonchev–Trinajstić information content (AvgIpc) is 3.02. The van der Waals surface area contributed by atoms with Crippen LogP contribution in [0.2, 0.25) is 0 Å². The highest BCUT2D eigenvalue weighted by molar-refractivity contribution is 5.94. The van der Waals surface area contributed by atoms with E-state index in [2.05, 4.69) is 41.2 Å². The van der Waals surface area contributed by atoms with Crippen LogP contribution in [-0.4, -0.2) is 69.7 Å². The Labute approximate surface area is 255 Å². The number of benzene rings is 2. The first-order valence-electron chi connectivity index (χ1n) is 14.2. The van der Waals surface area contributed by atoms with E-state index in [1.165, 1.54) is 0 Å². The van der Waals surface area contributed by atoms with Crippen LogP contribution < -0.4 is 21.3 Å². The molecule has 0 aliphatic carbocycles. The van der Waals surface area contributed by atoms with Crippen molar-refractivity contribution < 1.29 is 24.2 Å². The van der Waals surface area contributed by atoms with Gasteiger partial charge in [0.25, 0.3) is 5.91 Å². The molecule has 0 aliphatic rings. The zero-order chi connectivity index (χ0) is 31.0. The molecule has 44 heavy (non-hydrogen) atoms. The predicted octanol–water partition coefficient (Wildman–Crippen LogP) is 4.20. The molecule has 4 aromatic rings. The number of nitrogens with zero attached hydrogens (tertiary/aromatic N) is 4. The summed E-state index contributed by atoms with van der Waals surface area (Å²) >= 11 is 0. The zero-order valence-electron chi connectivity index (χ0n) is 24.5. The summed E-state index contributed by atoms with van der Waals surface area (Å²) in [5.74, 6) is 0.986. The largest absolute Gasteiger partial charge is 0.508 e. The van der Waals surface area contributed by atoms with Gasteiger partial charge in [0.15, 0.2) is 0 Å². The van der Waals surface area contributed by atoms with E-state index >= 15 is 0 Å². The number of anilines is 5. The van der Waals surface area contributed by atoms with Crippen LogP contribution in [-0.2, 0) is 20.8 Å². The van der Waals surface area contributed by atoms with E-state index in [1.807, 2.05) is 12.1 Å². The van der Waals surface area contributed by atoms with Crippen LogP contribution in [0.4, 0.5) is 29.2 Å². The first-order chi connectivity index (χ1) is 21.4. The minimum absolute atomic E-state index is 0.145. The minimum atomic E-state index is -0.192. The Hall–Kier alpha value is -5.14. The molecule has 0 saturated heterocycles. The number of ether oxygens (including phenoxy) is 2. The molecule has 0 bridgehead atoms. The Morgan fingerprint density at radius 3 is 1.98 bits per heavy atom. The SMILES string of the molecule is CC(=O)CCCOCCOCCNc1nc(Nc2ccc(O)cc2)nc(Nc2ccc(C(=O)NCc3ccncc3)cc2)n1. The van der Waals surface area contributed by atoms with Crippen LogP contribution in [0.5, 0.6) is 5.75 Å². The van der Waals surface area contributed by atoms with E-state index in [0.29, 0.717) is 75.2 Å². The van der Waals surface area contributed by atoms with E-state index in [1.54, 1.807) is 67.8 Å². The van der Waals surface area contributed by atoms with Crippen LogP contribution in [0.25, 0.3) is 0 Å². The lowest BCUT2D eigenvalue weighted by Gasteiger charge is -2.12. The number of phenolic OH excluding ortho intramolecular Hbond substituents is 1. The predicted molar refractivity (Wildman–Crippen MR) is 166 cm³/mol. The van der Waals surface area contributed by atoms with Crippen molar-refractivity contribution in [3.05, 3.63) is 84.2 Å². The fraction of sp³-hybridized carbons (Fsp3) is 0.290. The summed E-state index contributed by atoms with van der Waals surface area (Å²) in [7, 11) is 0. The van der Waals surface area contributed by atoms with Gasteiger partial charge < -0.3 is 40.6 Å². The van der Waals surface area contributed by atoms with Crippen molar-refractivity contribution in [2.45, 2.75) is 26.3 Å². The number of ketones is 1. The Balaban J connectivity index is 1.32. The fourth-order valence-corrected chi connectivity index (χ4v) is 3.84. The van der Waals surface area contributed by atoms with E-state index in [0.717, 1.165) is 5.56 Å². The molecule has 2 heterocycles. The Kier molecular flexibility index (Phi) is 12.3. The van der Waals surface area contributed by atoms with E-state index in [-0.39, 0.29) is 29.3 Å². The number of aromatic nitrogens is 4. The topological polar surface area (TPSA) is 173 Å². The number of phenols is 1. The van der Waals surface area contributed by atoms with Gasteiger partial charge in [-0.25, -0.2) is 0 Å². The van der Waals surface area contributed by atoms with Gasteiger partial charge in [0, 0.05) is 55.4 Å². The third-order valence-corrected chi connectivity index (χ3v) is 6.08. The molecule has 13 nitrogen and oxygen atoms in total. The first-order valence-corrected chi connectivity index (χ1v) is 14.2. The van der Waals surface area contributed by atoms with Crippen molar-refractivity contribution >= 4 is 40.9 Å². The Bertz CT molecular complexity index is 1470. The number of aromatic hydroxyl groups is 1. The van der Waals surface area contributed by atoms with Crippen LogP contribution in [0, 0.1) is 0 Å². The van der Waals surface area contributed by atoms with Gasteiger partial charge in [0.05, 0.1) is 19.8 Å². The number of rotatable bonds is 18. The Morgan fingerprint density at radius 1 is 0.750 bits per heavy atom. The standard InChI is InChI=1S/C31H36N8O5/c1-22(40)3-2-17-43-19-20-44-18-16-33-29-37-30(39-31(38-29)36-26-8-10-27(41)11-9-26)35-25-6-4-24(5-7-25)28(42)34-21-23-12-14-32-15-13-23/h4-15,41H,2-3,16-21H2,1H3,(H,34,42)(H3,33,35,36,37,38,39). The molecule has 13 heteroatoms. The molecule has 0 spiro atoms. The van der Waals surface area contributed by atoms with Gasteiger partial charge in [0.1, 0.15) is 11.5 Å². The quantitative estimate of drug-likeness (QED) is 0.0815. The highest BCUT2D eigenvalue weighted by Crippen LogP contribution is 2.21. The highest BCUT2D eigenvalue weighted by atomic mass is 16.5. The lowest BCUT2D eigenvalue weighted by atomic mass is 10.2. The van der Waals surface area contributed by atoms with Crippen LogP contribution in [0.3, 0.4) is 0 Å². The molecule has 1 amide bonds. The molecule has 0 radical (unpaired) electrons. The van der Waals surface area contributed by atoms with E-state index in [4.69, 9.17) is 9.47 Å². The molecule has 0 saturated carbocycles. The molecule has 0 atom stereocenters. The summed E-state index contributed by atoms with van der Waals surface area (Å²) in [5, 5.41) is 21.9. The number of carbonyl (C=O) groups excluding carboxylic acids is 2. The molecule has 0 unspecified atom stereocenters. The van der Waals surface area contributed by atoms with Gasteiger partial charge in [-0.05, 0) is 79.6 Å². The maximum absolute atomic E-state index is 12.6. The number of Topliss-reactive ketones (excluding diaryl/α,β-unsaturated/α-hetero) is 1. The normalized spacial score (nSPS) is 10.7. The second-order valence-electron chi connectivity index (χ2n) is 9.68. The third kappa shape index (κ3) is 11.3. The summed E-state index contributed by atoms with van der Waals surface area (Å²) in [6.07, 6.45) is 4.59. The number of hydrogen-bond donors (Lipinski definition) is 5. The fourth-order valence-electron chi connectivity index (χ4n) is 3.84. The first kappa shape index (κ1) is 31.8. The summed E-state index contributed by atoms with van der Waals surface area (Å²) in [5.41, 5.74) is 2.83. The second-order valence-corrected chi connectivity index (χ2v) is 9.68. The van der Waals surface area contributed by atoms with Gasteiger partial charge in [-0.15, -0.1) is 0 Å². The molecule has 5 N–H and O–H groups in total. The summed E-state index contributed by atoms with van der Waals surface area (Å²) < 4.78 is 11.1. The molecule has 230 valence electrons. The van der Waals surface area contributed by atoms with Gasteiger partial charge in [-0.1, -0.05) is 0 Å². The number of hydrogen-bond acceptors (Lipinski definition) is 12. The maximum atomic E-state index is 12.6. The van der Waals surface area contributed by atoms with Gasteiger partial charge in [0.2, 0.25) is 17.8 Å². The maximum Gasteiger partial charge on any atom is 0.251 e. The van der Waals surface area contributed by atoms with Crippen molar-refractivity contribution in [3.63, 3.8) is 0 Å². The molecule has 2 aromatic heterocycles. The molecular formula is C31H36N8O5. The van der Waals surface area contributed by atoms with Crippen molar-refractivity contribution in [1.29, 1.82) is 0 Å². The lowest BCUT2D eigenvalue weighted by molar-refractivity contribution is -0.117. The lowest BCUT2D eigenvalue weighted by Crippen LogP contribution is -2.22. The Morgan fingerprint density at radius 2 is 1.34 bits per heavy atom. The number of amides is 1. The van der Waals surface area contributed by atoms with Crippen LogP contribution >= 0.6 is 0 Å². The molecule has 2 aromatic carbocycles. The zero-order valence-corrected chi connectivity index (χ0v) is 24.5. The highest BCUT2D eigenvalue weighted by Gasteiger charge is 2.10. The molecular weight excluding hydrogens is 564 g/mol. The summed E-state index contributed by atoms with van der Waals surface area (Å²) in [4.78, 5) is 40.9. The van der Waals surface area contributed by atoms with Crippen molar-refractivity contribution in [3.8, 4) is 5.75 Å². The van der Waals surface area contributed by atoms with Crippen molar-refractivity contribution in [2.24, 2.45) is 0 Å². The molecule has 0 aliphatic heterocycles. The number of carbonyl (C=O) groups is 2. The number of nitrogens with one attached hydrogen (secondary N) is 4.